The standard InChI is InChI=1S/2ClH.H2O.Pt.2H/h2*1H;1H2;;;/q;;;+2;;/p-2. The second kappa shape index (κ2) is 8.87. The van der Waals surface area contributed by atoms with Crippen LogP contribution < -0.4 is 0 Å². The molecule has 0 saturated carbocycles. The van der Waals surface area contributed by atoms with Gasteiger partial charge < -0.3 is 5.48 Å². The van der Waals surface area contributed by atoms with Crippen molar-refractivity contribution < 1.29 is 22.0 Å². The van der Waals surface area contributed by atoms with E-state index in [1.807, 2.05) is 0 Å². The van der Waals surface area contributed by atoms with Crippen LogP contribution in [0.5, 0.6) is 0 Å². The van der Waals surface area contributed by atoms with Crippen LogP contribution in [0.15, 0.2) is 0 Å². The van der Waals surface area contributed by atoms with Gasteiger partial charge in [0, 0.05) is 0 Å². The molecule has 2 N–H and O–H groups in total. The Morgan fingerprint density at radius 2 is 1.25 bits per heavy atom. The number of halogens is 2. The maximum atomic E-state index is 4.90. The monoisotopic (exact) mass is 285 g/mol. The molecule has 0 radical (unpaired) electrons. The summed E-state index contributed by atoms with van der Waals surface area (Å²) >= 11 is -0.639. The summed E-state index contributed by atoms with van der Waals surface area (Å²) in [6.45, 7) is 0. The molecule has 0 aromatic heterocycles. The number of hydrogen-bond donors (Lipinski definition) is 0. The third kappa shape index (κ3) is 10.6. The quantitative estimate of drug-likeness (QED) is 0.601. The maximum absolute atomic E-state index is 4.90. The van der Waals surface area contributed by atoms with Gasteiger partial charge in [0.1, 0.15) is 0 Å². The molecule has 0 fully saturated rings. The summed E-state index contributed by atoms with van der Waals surface area (Å²) in [7, 11) is 9.81. The van der Waals surface area contributed by atoms with Crippen molar-refractivity contribution in [2.24, 2.45) is 0 Å². The van der Waals surface area contributed by atoms with Gasteiger partial charge in [-0.05, 0) is 0 Å². The van der Waals surface area contributed by atoms with Crippen molar-refractivity contribution in [3.8, 4) is 0 Å². The van der Waals surface area contributed by atoms with Crippen LogP contribution in [-0.2, 0) is 16.5 Å². The van der Waals surface area contributed by atoms with Crippen molar-refractivity contribution in [3.63, 3.8) is 0 Å². The zero-order valence-corrected chi connectivity index (χ0v) is 5.66. The zero-order chi connectivity index (χ0) is 2.71. The molecule has 0 bridgehead atoms. The topological polar surface area (TPSA) is 31.5 Å². The van der Waals surface area contributed by atoms with Crippen LogP contribution >= 0.6 is 18.8 Å². The van der Waals surface area contributed by atoms with E-state index in [0.29, 0.717) is 0 Å². The molecule has 0 amide bonds. The fourth-order valence-electron chi connectivity index (χ4n) is 0. The van der Waals surface area contributed by atoms with E-state index >= 15 is 0 Å². The third-order valence-electron chi connectivity index (χ3n) is 0. The van der Waals surface area contributed by atoms with Gasteiger partial charge in [-0.15, -0.1) is 0 Å². The van der Waals surface area contributed by atoms with Crippen LogP contribution in [0.4, 0.5) is 0 Å². The molecule has 4 heavy (non-hydrogen) atoms. The Kier molecular flexibility index (Phi) is 19.9. The molecule has 34 valence electrons. The van der Waals surface area contributed by atoms with E-state index in [1.54, 1.807) is 0 Å². The van der Waals surface area contributed by atoms with Gasteiger partial charge in [-0.1, -0.05) is 0 Å². The summed E-state index contributed by atoms with van der Waals surface area (Å²) in [4.78, 5) is 0. The molecule has 0 aromatic rings. The predicted octanol–water partition coefficient (Wildman–Crippen LogP) is 0.0164. The van der Waals surface area contributed by atoms with Crippen LogP contribution in [0.1, 0.15) is 0 Å². The van der Waals surface area contributed by atoms with Crippen LogP contribution in [0.2, 0.25) is 0 Å². The van der Waals surface area contributed by atoms with E-state index in [0.717, 1.165) is 0 Å². The fourth-order valence-corrected chi connectivity index (χ4v) is 0. The first-order valence-electron chi connectivity index (χ1n) is 0.267. The van der Waals surface area contributed by atoms with Crippen molar-refractivity contribution in [2.45, 2.75) is 0 Å². The molecule has 0 aliphatic rings. The normalized spacial score (nSPS) is 5.50. The minimum atomic E-state index is -0.639. The molecule has 0 aliphatic heterocycles. The van der Waals surface area contributed by atoms with Gasteiger partial charge >= 0.3 is 35.3 Å². The van der Waals surface area contributed by atoms with Gasteiger partial charge in [-0.3, -0.25) is 0 Å². The van der Waals surface area contributed by atoms with Crippen molar-refractivity contribution in [1.29, 1.82) is 0 Å². The summed E-state index contributed by atoms with van der Waals surface area (Å²) in [5, 5.41) is 0. The Labute approximate surface area is 41.0 Å². The molecule has 4 heteroatoms. The second-order valence-electron chi connectivity index (χ2n) is 0.0505. The van der Waals surface area contributed by atoms with Crippen molar-refractivity contribution in [1.82, 2.24) is 0 Å². The molecule has 0 rings (SSSR count). The Morgan fingerprint density at radius 1 is 1.25 bits per heavy atom. The Morgan fingerprint density at radius 3 is 1.25 bits per heavy atom. The molecular formula is H4Cl2OPt. The average molecular weight is 286 g/mol. The summed E-state index contributed by atoms with van der Waals surface area (Å²) in [5.41, 5.74) is 0. The minimum absolute atomic E-state index is 0. The average Bonchev–Trinajstić information content (AvgIpc) is 0.918. The summed E-state index contributed by atoms with van der Waals surface area (Å²) < 4.78 is 0. The Hall–Kier alpha value is 1.23. The molecule has 0 aliphatic carbocycles. The number of hydrogen-bond acceptors (Lipinski definition) is 0. The van der Waals surface area contributed by atoms with E-state index < -0.39 is 16.5 Å². The molecule has 0 aromatic carbocycles. The number of rotatable bonds is 0. The van der Waals surface area contributed by atoms with Gasteiger partial charge in [-0.2, -0.15) is 0 Å². The Balaban J connectivity index is 0. The van der Waals surface area contributed by atoms with E-state index in [4.69, 9.17) is 18.8 Å². The predicted molar refractivity (Wildman–Crippen MR) is 18.1 cm³/mol. The SMILES string of the molecule is O.[Cl][PtH2][Cl]. The second-order valence-corrected chi connectivity index (χ2v) is 3.72. The van der Waals surface area contributed by atoms with Crippen molar-refractivity contribution in [2.75, 3.05) is 0 Å². The summed E-state index contributed by atoms with van der Waals surface area (Å²) in [6, 6.07) is 0. The Bertz CT molecular complexity index is 6.00. The van der Waals surface area contributed by atoms with Crippen molar-refractivity contribution >= 4 is 18.8 Å². The van der Waals surface area contributed by atoms with Gasteiger partial charge in [0.15, 0.2) is 0 Å². The van der Waals surface area contributed by atoms with Crippen LogP contribution in [0, 0.1) is 0 Å². The van der Waals surface area contributed by atoms with Crippen LogP contribution in [0.3, 0.4) is 0 Å². The third-order valence-corrected chi connectivity index (χ3v) is 0. The van der Waals surface area contributed by atoms with Gasteiger partial charge in [0.05, 0.1) is 0 Å². The fraction of sp³-hybridized carbons (Fsp3) is 0. The molecular weight excluding hydrogens is 282 g/mol. The van der Waals surface area contributed by atoms with Gasteiger partial charge in [0.25, 0.3) is 0 Å². The summed E-state index contributed by atoms with van der Waals surface area (Å²) in [5.74, 6) is 0. The summed E-state index contributed by atoms with van der Waals surface area (Å²) in [6.07, 6.45) is 0. The van der Waals surface area contributed by atoms with Gasteiger partial charge in [-0.25, -0.2) is 0 Å². The van der Waals surface area contributed by atoms with E-state index in [2.05, 4.69) is 0 Å². The van der Waals surface area contributed by atoms with E-state index in [-0.39, 0.29) is 5.48 Å². The van der Waals surface area contributed by atoms with Gasteiger partial charge in [0.2, 0.25) is 0 Å². The first-order valence-corrected chi connectivity index (χ1v) is 6.56. The van der Waals surface area contributed by atoms with Crippen molar-refractivity contribution in [3.05, 3.63) is 0 Å². The zero-order valence-electron chi connectivity index (χ0n) is 1.61. The molecule has 1 nitrogen and oxygen atoms in total. The molecule has 0 saturated heterocycles. The molecule has 0 heterocycles. The molecule has 0 atom stereocenters. The molecule has 0 unspecified atom stereocenters. The van der Waals surface area contributed by atoms with Crippen LogP contribution in [-0.4, -0.2) is 5.48 Å². The molecule has 0 spiro atoms. The first-order chi connectivity index (χ1) is 1.41. The van der Waals surface area contributed by atoms with E-state index in [9.17, 15) is 0 Å². The van der Waals surface area contributed by atoms with Crippen LogP contribution in [0.25, 0.3) is 0 Å². The van der Waals surface area contributed by atoms with E-state index in [1.165, 1.54) is 0 Å². The first kappa shape index (κ1) is 8.97.